The Balaban J connectivity index is 1.84. The zero-order valence-electron chi connectivity index (χ0n) is 11.4. The second-order valence-corrected chi connectivity index (χ2v) is 5.10. The van der Waals surface area contributed by atoms with Gasteiger partial charge in [0, 0.05) is 31.5 Å². The van der Waals surface area contributed by atoms with Gasteiger partial charge in [0.25, 0.3) is 0 Å². The van der Waals surface area contributed by atoms with Crippen molar-refractivity contribution >= 4 is 11.4 Å². The van der Waals surface area contributed by atoms with E-state index in [0.29, 0.717) is 0 Å². The highest BCUT2D eigenvalue weighted by atomic mass is 15.1. The van der Waals surface area contributed by atoms with Gasteiger partial charge in [-0.2, -0.15) is 0 Å². The molecule has 0 spiro atoms. The minimum Gasteiger partial charge on any atom is -0.388 e. The largest absolute Gasteiger partial charge is 0.388 e. The summed E-state index contributed by atoms with van der Waals surface area (Å²) < 4.78 is 0. The molecule has 0 bridgehead atoms. The molecule has 0 aliphatic carbocycles. The van der Waals surface area contributed by atoms with E-state index in [1.165, 1.54) is 35.3 Å². The molecule has 98 valence electrons. The van der Waals surface area contributed by atoms with E-state index in [9.17, 15) is 0 Å². The summed E-state index contributed by atoms with van der Waals surface area (Å²) in [7, 11) is 1.97. The number of para-hydroxylation sites is 1. The van der Waals surface area contributed by atoms with Gasteiger partial charge >= 0.3 is 0 Å². The fraction of sp³-hybridized carbons (Fsp3) is 0.294. The summed E-state index contributed by atoms with van der Waals surface area (Å²) in [5.41, 5.74) is 5.44. The summed E-state index contributed by atoms with van der Waals surface area (Å²) in [5, 5.41) is 3.21. The molecular weight excluding hydrogens is 232 g/mol. The van der Waals surface area contributed by atoms with Gasteiger partial charge < -0.3 is 10.2 Å². The molecule has 0 radical (unpaired) electrons. The third kappa shape index (κ3) is 2.58. The Morgan fingerprint density at radius 2 is 2.00 bits per heavy atom. The molecule has 0 aromatic heterocycles. The first-order chi connectivity index (χ1) is 9.36. The standard InChI is InChI=1S/C17H20N2/c1-18-16-9-4-6-14(12-16)13-19-11-5-8-15-7-2-3-10-17(15)19/h2-4,6-7,9-10,12,18H,5,8,11,13H2,1H3. The molecule has 0 fully saturated rings. The molecule has 0 unspecified atom stereocenters. The van der Waals surface area contributed by atoms with E-state index < -0.39 is 0 Å². The molecule has 2 aromatic carbocycles. The molecule has 19 heavy (non-hydrogen) atoms. The van der Waals surface area contributed by atoms with Crippen molar-refractivity contribution in [2.45, 2.75) is 19.4 Å². The number of aryl methyl sites for hydroxylation is 1. The average molecular weight is 252 g/mol. The van der Waals surface area contributed by atoms with Crippen molar-refractivity contribution in [1.29, 1.82) is 0 Å². The first kappa shape index (κ1) is 12.1. The van der Waals surface area contributed by atoms with Crippen molar-refractivity contribution in [3.05, 3.63) is 59.7 Å². The van der Waals surface area contributed by atoms with Gasteiger partial charge in [-0.1, -0.05) is 30.3 Å². The molecule has 1 N–H and O–H groups in total. The maximum atomic E-state index is 3.21. The van der Waals surface area contributed by atoms with Crippen LogP contribution >= 0.6 is 0 Å². The Labute approximate surface area is 115 Å². The number of hydrogen-bond donors (Lipinski definition) is 1. The molecule has 2 nitrogen and oxygen atoms in total. The zero-order valence-corrected chi connectivity index (χ0v) is 11.4. The van der Waals surface area contributed by atoms with Gasteiger partial charge in [-0.3, -0.25) is 0 Å². The van der Waals surface area contributed by atoms with Crippen LogP contribution in [0.25, 0.3) is 0 Å². The molecule has 0 saturated carbocycles. The Morgan fingerprint density at radius 1 is 1.11 bits per heavy atom. The lowest BCUT2D eigenvalue weighted by atomic mass is 10.0. The molecule has 2 heteroatoms. The number of nitrogens with zero attached hydrogens (tertiary/aromatic N) is 1. The van der Waals surface area contributed by atoms with Crippen LogP contribution < -0.4 is 10.2 Å². The third-order valence-corrected chi connectivity index (χ3v) is 3.80. The van der Waals surface area contributed by atoms with Crippen molar-refractivity contribution in [2.75, 3.05) is 23.8 Å². The van der Waals surface area contributed by atoms with E-state index in [4.69, 9.17) is 0 Å². The number of benzene rings is 2. The summed E-state index contributed by atoms with van der Waals surface area (Å²) in [4.78, 5) is 2.49. The molecule has 1 aliphatic heterocycles. The first-order valence-electron chi connectivity index (χ1n) is 6.96. The van der Waals surface area contributed by atoms with Crippen LogP contribution in [-0.4, -0.2) is 13.6 Å². The fourth-order valence-electron chi connectivity index (χ4n) is 2.82. The molecule has 2 aromatic rings. The van der Waals surface area contributed by atoms with Gasteiger partial charge in [0.15, 0.2) is 0 Å². The highest BCUT2D eigenvalue weighted by molar-refractivity contribution is 5.56. The molecule has 0 saturated heterocycles. The topological polar surface area (TPSA) is 15.3 Å². The number of rotatable bonds is 3. The lowest BCUT2D eigenvalue weighted by Crippen LogP contribution is -2.28. The van der Waals surface area contributed by atoms with Gasteiger partial charge in [0.05, 0.1) is 0 Å². The van der Waals surface area contributed by atoms with Crippen molar-refractivity contribution in [3.8, 4) is 0 Å². The van der Waals surface area contributed by atoms with E-state index >= 15 is 0 Å². The Bertz CT molecular complexity index is 563. The Hall–Kier alpha value is -1.96. The predicted molar refractivity (Wildman–Crippen MR) is 81.8 cm³/mol. The van der Waals surface area contributed by atoms with Crippen molar-refractivity contribution in [3.63, 3.8) is 0 Å². The Morgan fingerprint density at radius 3 is 2.89 bits per heavy atom. The van der Waals surface area contributed by atoms with Crippen LogP contribution in [0.1, 0.15) is 17.5 Å². The predicted octanol–water partition coefficient (Wildman–Crippen LogP) is 3.68. The zero-order chi connectivity index (χ0) is 13.1. The quantitative estimate of drug-likeness (QED) is 0.896. The van der Waals surface area contributed by atoms with Gasteiger partial charge in [0.2, 0.25) is 0 Å². The van der Waals surface area contributed by atoms with Crippen LogP contribution in [0, 0.1) is 0 Å². The van der Waals surface area contributed by atoms with Crippen LogP contribution in [0.5, 0.6) is 0 Å². The highest BCUT2D eigenvalue weighted by Gasteiger charge is 2.16. The maximum absolute atomic E-state index is 3.21. The van der Waals surface area contributed by atoms with Crippen LogP contribution in [0.4, 0.5) is 11.4 Å². The summed E-state index contributed by atoms with van der Waals surface area (Å²) in [6.45, 7) is 2.15. The van der Waals surface area contributed by atoms with Gasteiger partial charge in [-0.05, 0) is 42.2 Å². The van der Waals surface area contributed by atoms with Crippen LogP contribution in [0.15, 0.2) is 48.5 Å². The van der Waals surface area contributed by atoms with E-state index in [1.54, 1.807) is 0 Å². The van der Waals surface area contributed by atoms with Crippen LogP contribution in [0.3, 0.4) is 0 Å². The van der Waals surface area contributed by atoms with Gasteiger partial charge in [-0.25, -0.2) is 0 Å². The minimum atomic E-state index is 0.993. The van der Waals surface area contributed by atoms with Gasteiger partial charge in [-0.15, -0.1) is 0 Å². The molecular formula is C17H20N2. The summed E-state index contributed by atoms with van der Waals surface area (Å²) in [5.74, 6) is 0. The number of hydrogen-bond acceptors (Lipinski definition) is 2. The monoisotopic (exact) mass is 252 g/mol. The SMILES string of the molecule is CNc1cccc(CN2CCCc3ccccc32)c1. The van der Waals surface area contributed by atoms with E-state index in [0.717, 1.165) is 13.1 Å². The summed E-state index contributed by atoms with van der Waals surface area (Å²) in [6, 6.07) is 17.5. The second-order valence-electron chi connectivity index (χ2n) is 5.10. The first-order valence-corrected chi connectivity index (χ1v) is 6.96. The second kappa shape index (κ2) is 5.35. The molecule has 1 aliphatic rings. The number of fused-ring (bicyclic) bond motifs is 1. The minimum absolute atomic E-state index is 0.993. The normalized spacial score (nSPS) is 14.1. The number of nitrogens with one attached hydrogen (secondary N) is 1. The average Bonchev–Trinajstić information content (AvgIpc) is 2.48. The molecule has 0 amide bonds. The smallest absolute Gasteiger partial charge is 0.0430 e. The Kier molecular flexibility index (Phi) is 3.41. The molecule has 3 rings (SSSR count). The van der Waals surface area contributed by atoms with Crippen LogP contribution in [0.2, 0.25) is 0 Å². The van der Waals surface area contributed by atoms with E-state index in [-0.39, 0.29) is 0 Å². The molecule has 1 heterocycles. The van der Waals surface area contributed by atoms with E-state index in [2.05, 4.69) is 58.7 Å². The van der Waals surface area contributed by atoms with Gasteiger partial charge in [0.1, 0.15) is 0 Å². The van der Waals surface area contributed by atoms with Crippen molar-refractivity contribution in [1.82, 2.24) is 0 Å². The highest BCUT2D eigenvalue weighted by Crippen LogP contribution is 2.28. The summed E-state index contributed by atoms with van der Waals surface area (Å²) >= 11 is 0. The summed E-state index contributed by atoms with van der Waals surface area (Å²) in [6.07, 6.45) is 2.46. The molecule has 0 atom stereocenters. The lowest BCUT2D eigenvalue weighted by molar-refractivity contribution is 0.691. The van der Waals surface area contributed by atoms with Crippen molar-refractivity contribution < 1.29 is 0 Å². The maximum Gasteiger partial charge on any atom is 0.0430 e. The number of anilines is 2. The van der Waals surface area contributed by atoms with Crippen molar-refractivity contribution in [2.24, 2.45) is 0 Å². The fourth-order valence-corrected chi connectivity index (χ4v) is 2.82. The van der Waals surface area contributed by atoms with E-state index in [1.807, 2.05) is 7.05 Å². The van der Waals surface area contributed by atoms with Crippen LogP contribution in [-0.2, 0) is 13.0 Å². The lowest BCUT2D eigenvalue weighted by Gasteiger charge is -2.31. The third-order valence-electron chi connectivity index (χ3n) is 3.80.